The van der Waals surface area contributed by atoms with Gasteiger partial charge in [-0.2, -0.15) is 0 Å². The molecule has 7 heteroatoms. The van der Waals surface area contributed by atoms with Gasteiger partial charge in [0, 0.05) is 12.6 Å². The van der Waals surface area contributed by atoms with E-state index in [4.69, 9.17) is 20.8 Å². The lowest BCUT2D eigenvalue weighted by molar-refractivity contribution is 0.0600. The van der Waals surface area contributed by atoms with E-state index in [1.54, 1.807) is 16.9 Å². The monoisotopic (exact) mass is 305 g/mol. The number of halogens is 1. The molecule has 0 saturated carbocycles. The van der Waals surface area contributed by atoms with Crippen LogP contribution in [0.2, 0.25) is 5.02 Å². The lowest BCUT2D eigenvalue weighted by atomic mass is 10.2. The third kappa shape index (κ3) is 2.17. The number of rotatable bonds is 3. The minimum Gasteiger partial charge on any atom is -0.469 e. The Bertz CT molecular complexity index is 822. The number of hydrogen-bond donors (Lipinski definition) is 0. The molecular formula is C14H12ClN3O3. The number of hydrogen-bond acceptors (Lipinski definition) is 5. The number of carbonyl (C=O) groups excluding carboxylic acids is 1. The predicted molar refractivity (Wildman–Crippen MR) is 76.4 cm³/mol. The molecule has 0 N–H and O–H groups in total. The molecule has 21 heavy (non-hydrogen) atoms. The van der Waals surface area contributed by atoms with Crippen molar-refractivity contribution in [2.45, 2.75) is 13.3 Å². The molecule has 6 nitrogen and oxygen atoms in total. The first-order valence-electron chi connectivity index (χ1n) is 6.35. The first-order chi connectivity index (χ1) is 10.2. The van der Waals surface area contributed by atoms with E-state index in [0.717, 1.165) is 17.7 Å². The lowest BCUT2D eigenvalue weighted by Crippen LogP contribution is -2.04. The highest BCUT2D eigenvalue weighted by Gasteiger charge is 2.18. The van der Waals surface area contributed by atoms with Gasteiger partial charge >= 0.3 is 5.97 Å². The van der Waals surface area contributed by atoms with E-state index < -0.39 is 5.97 Å². The van der Waals surface area contributed by atoms with Crippen molar-refractivity contribution in [2.24, 2.45) is 0 Å². The minimum atomic E-state index is -0.471. The highest BCUT2D eigenvalue weighted by molar-refractivity contribution is 6.33. The Morgan fingerprint density at radius 2 is 2.29 bits per heavy atom. The maximum absolute atomic E-state index is 11.7. The standard InChI is InChI=1S/C14H12ClN3O3/c1-3-11-9(4-5-21-11)12-16-17-13-10(15)6-8(7-18(12)13)14(19)20-2/h4-7H,3H2,1-2H3. The van der Waals surface area contributed by atoms with Crippen molar-refractivity contribution < 1.29 is 13.9 Å². The van der Waals surface area contributed by atoms with Gasteiger partial charge in [-0.15, -0.1) is 10.2 Å². The van der Waals surface area contributed by atoms with Gasteiger partial charge in [0.25, 0.3) is 0 Å². The second kappa shape index (κ2) is 5.21. The molecule has 0 bridgehead atoms. The van der Waals surface area contributed by atoms with Gasteiger partial charge in [0.15, 0.2) is 11.5 Å². The van der Waals surface area contributed by atoms with Crippen LogP contribution < -0.4 is 0 Å². The number of esters is 1. The van der Waals surface area contributed by atoms with E-state index >= 15 is 0 Å². The Hall–Kier alpha value is -2.34. The molecular weight excluding hydrogens is 294 g/mol. The van der Waals surface area contributed by atoms with Crippen molar-refractivity contribution >= 4 is 23.2 Å². The quantitative estimate of drug-likeness (QED) is 0.696. The van der Waals surface area contributed by atoms with Crippen LogP contribution in [0.5, 0.6) is 0 Å². The van der Waals surface area contributed by atoms with Crippen LogP contribution in [0.3, 0.4) is 0 Å². The van der Waals surface area contributed by atoms with Crippen LogP contribution in [0.4, 0.5) is 0 Å². The summed E-state index contributed by atoms with van der Waals surface area (Å²) in [4.78, 5) is 11.7. The molecule has 3 rings (SSSR count). The Kier molecular flexibility index (Phi) is 3.39. The van der Waals surface area contributed by atoms with Crippen LogP contribution in [0.25, 0.3) is 17.0 Å². The predicted octanol–water partition coefficient (Wildman–Crippen LogP) is 2.99. The maximum Gasteiger partial charge on any atom is 0.339 e. The van der Waals surface area contributed by atoms with Crippen molar-refractivity contribution in [1.29, 1.82) is 0 Å². The van der Waals surface area contributed by atoms with Gasteiger partial charge < -0.3 is 9.15 Å². The average Bonchev–Trinajstić information content (AvgIpc) is 3.11. The molecule has 0 aromatic carbocycles. The number of furan rings is 1. The highest BCUT2D eigenvalue weighted by atomic mass is 35.5. The molecule has 3 aromatic heterocycles. The summed E-state index contributed by atoms with van der Waals surface area (Å²) >= 11 is 6.16. The number of methoxy groups -OCH3 is 1. The first kappa shape index (κ1) is 13.6. The normalized spacial score (nSPS) is 11.0. The number of pyridine rings is 1. The highest BCUT2D eigenvalue weighted by Crippen LogP contribution is 2.27. The molecule has 0 spiro atoms. The van der Waals surface area contributed by atoms with Crippen molar-refractivity contribution in [1.82, 2.24) is 14.6 Å². The van der Waals surface area contributed by atoms with Crippen LogP contribution in [0.15, 0.2) is 29.0 Å². The second-order valence-corrected chi connectivity index (χ2v) is 4.80. The smallest absolute Gasteiger partial charge is 0.339 e. The fraction of sp³-hybridized carbons (Fsp3) is 0.214. The molecule has 0 amide bonds. The molecule has 0 radical (unpaired) electrons. The molecule has 0 fully saturated rings. The van der Waals surface area contributed by atoms with Gasteiger partial charge in [-0.25, -0.2) is 4.79 Å². The molecule has 0 aliphatic heterocycles. The summed E-state index contributed by atoms with van der Waals surface area (Å²) in [5, 5.41) is 8.54. The van der Waals surface area contributed by atoms with E-state index in [2.05, 4.69) is 10.2 Å². The fourth-order valence-corrected chi connectivity index (χ4v) is 2.43. The van der Waals surface area contributed by atoms with Gasteiger partial charge in [-0.1, -0.05) is 18.5 Å². The van der Waals surface area contributed by atoms with E-state index in [1.165, 1.54) is 13.2 Å². The van der Waals surface area contributed by atoms with Crippen LogP contribution in [-0.2, 0) is 11.2 Å². The summed E-state index contributed by atoms with van der Waals surface area (Å²) < 4.78 is 11.8. The zero-order valence-electron chi connectivity index (χ0n) is 11.5. The molecule has 0 aliphatic rings. The second-order valence-electron chi connectivity index (χ2n) is 4.40. The fourth-order valence-electron chi connectivity index (χ4n) is 2.18. The van der Waals surface area contributed by atoms with Crippen molar-refractivity contribution in [3.63, 3.8) is 0 Å². The summed E-state index contributed by atoms with van der Waals surface area (Å²) in [7, 11) is 1.32. The molecule has 0 saturated heterocycles. The number of ether oxygens (including phenoxy) is 1. The summed E-state index contributed by atoms with van der Waals surface area (Å²) in [6, 6.07) is 3.32. The molecule has 108 valence electrons. The SMILES string of the molecule is CCc1occc1-c1nnc2c(Cl)cc(C(=O)OC)cn12. The third-order valence-electron chi connectivity index (χ3n) is 3.19. The molecule has 0 atom stereocenters. The maximum atomic E-state index is 11.7. The molecule has 3 aromatic rings. The Morgan fingerprint density at radius 3 is 3.00 bits per heavy atom. The van der Waals surface area contributed by atoms with Crippen LogP contribution in [0.1, 0.15) is 23.0 Å². The van der Waals surface area contributed by atoms with Crippen LogP contribution in [-0.4, -0.2) is 27.7 Å². The molecule has 3 heterocycles. The van der Waals surface area contributed by atoms with Crippen LogP contribution in [0, 0.1) is 0 Å². The Labute approximate surface area is 125 Å². The number of aryl methyl sites for hydroxylation is 1. The van der Waals surface area contributed by atoms with Crippen molar-refractivity contribution in [3.8, 4) is 11.4 Å². The van der Waals surface area contributed by atoms with Crippen molar-refractivity contribution in [3.05, 3.63) is 40.9 Å². The van der Waals surface area contributed by atoms with E-state index in [-0.39, 0.29) is 0 Å². The van der Waals surface area contributed by atoms with Gasteiger partial charge in [-0.3, -0.25) is 4.40 Å². The van der Waals surface area contributed by atoms with Gasteiger partial charge in [0.05, 0.1) is 29.5 Å². The van der Waals surface area contributed by atoms with E-state index in [0.29, 0.717) is 22.1 Å². The topological polar surface area (TPSA) is 69.6 Å². The van der Waals surface area contributed by atoms with E-state index in [9.17, 15) is 4.79 Å². The molecule has 0 unspecified atom stereocenters. The largest absolute Gasteiger partial charge is 0.469 e. The Balaban J connectivity index is 2.25. The average molecular weight is 306 g/mol. The summed E-state index contributed by atoms with van der Waals surface area (Å²) in [6.45, 7) is 1.98. The number of carbonyl (C=O) groups is 1. The molecule has 0 aliphatic carbocycles. The van der Waals surface area contributed by atoms with Gasteiger partial charge in [-0.05, 0) is 12.1 Å². The first-order valence-corrected chi connectivity index (χ1v) is 6.72. The van der Waals surface area contributed by atoms with Crippen molar-refractivity contribution in [2.75, 3.05) is 7.11 Å². The Morgan fingerprint density at radius 1 is 1.48 bits per heavy atom. The number of fused-ring (bicyclic) bond motifs is 1. The third-order valence-corrected chi connectivity index (χ3v) is 3.47. The zero-order chi connectivity index (χ0) is 15.0. The van der Waals surface area contributed by atoms with Gasteiger partial charge in [0.2, 0.25) is 0 Å². The summed E-state index contributed by atoms with van der Waals surface area (Å²) in [6.07, 6.45) is 3.93. The minimum absolute atomic E-state index is 0.331. The van der Waals surface area contributed by atoms with Gasteiger partial charge in [0.1, 0.15) is 5.76 Å². The summed E-state index contributed by atoms with van der Waals surface area (Å²) in [5.74, 6) is 0.897. The lowest BCUT2D eigenvalue weighted by Gasteiger charge is -2.04. The van der Waals surface area contributed by atoms with E-state index in [1.807, 2.05) is 13.0 Å². The number of aromatic nitrogens is 3. The van der Waals surface area contributed by atoms with Crippen LogP contribution >= 0.6 is 11.6 Å². The summed E-state index contributed by atoms with van der Waals surface area (Å²) in [5.41, 5.74) is 1.63. The zero-order valence-corrected chi connectivity index (χ0v) is 12.2. The number of nitrogens with zero attached hydrogens (tertiary/aromatic N) is 3.